The summed E-state index contributed by atoms with van der Waals surface area (Å²) in [5.41, 5.74) is 0.363. The van der Waals surface area contributed by atoms with Crippen LogP contribution in [0.5, 0.6) is 0 Å². The molecule has 0 amide bonds. The van der Waals surface area contributed by atoms with Gasteiger partial charge < -0.3 is 19.7 Å². The number of hydrogen-bond acceptors (Lipinski definition) is 3. The monoisotopic (exact) mass is 537 g/mol. The Kier molecular flexibility index (Phi) is 11.3. The lowest BCUT2D eigenvalue weighted by Gasteiger charge is -2.35. The zero-order valence-corrected chi connectivity index (χ0v) is 20.1. The van der Waals surface area contributed by atoms with Crippen LogP contribution in [0.1, 0.15) is 44.6 Å². The van der Waals surface area contributed by atoms with Gasteiger partial charge in [0.25, 0.3) is 0 Å². The van der Waals surface area contributed by atoms with Crippen molar-refractivity contribution >= 4 is 29.9 Å². The molecule has 2 aliphatic rings. The molecule has 5 nitrogen and oxygen atoms in total. The first kappa shape index (κ1) is 25.3. The molecule has 170 valence electrons. The molecule has 1 aromatic carbocycles. The van der Waals surface area contributed by atoms with Crippen LogP contribution in [-0.4, -0.2) is 62.5 Å². The number of benzene rings is 1. The molecular formula is C22H34F2IN3O2. The molecular weight excluding hydrogens is 503 g/mol. The van der Waals surface area contributed by atoms with Crippen LogP contribution in [0.4, 0.5) is 8.78 Å². The van der Waals surface area contributed by atoms with E-state index in [4.69, 9.17) is 9.47 Å². The molecule has 3 rings (SSSR count). The molecule has 0 aromatic heterocycles. The minimum Gasteiger partial charge on any atom is -0.376 e. The second-order valence-corrected chi connectivity index (χ2v) is 7.73. The lowest BCUT2D eigenvalue weighted by Crippen LogP contribution is -2.47. The quantitative estimate of drug-likeness (QED) is 0.323. The molecule has 1 aromatic rings. The summed E-state index contributed by atoms with van der Waals surface area (Å²) in [5.74, 6) is 0.0304. The Morgan fingerprint density at radius 3 is 2.73 bits per heavy atom. The van der Waals surface area contributed by atoms with Crippen molar-refractivity contribution in [2.75, 3.05) is 39.4 Å². The van der Waals surface area contributed by atoms with E-state index in [-0.39, 0.29) is 42.0 Å². The van der Waals surface area contributed by atoms with Crippen molar-refractivity contribution < 1.29 is 18.3 Å². The largest absolute Gasteiger partial charge is 0.376 e. The summed E-state index contributed by atoms with van der Waals surface area (Å²) < 4.78 is 38.9. The second-order valence-electron chi connectivity index (χ2n) is 7.73. The Bertz CT molecular complexity index is 664. The van der Waals surface area contributed by atoms with E-state index in [2.05, 4.69) is 15.2 Å². The van der Waals surface area contributed by atoms with E-state index in [0.29, 0.717) is 25.1 Å². The van der Waals surface area contributed by atoms with Gasteiger partial charge in [-0.3, -0.25) is 4.99 Å². The summed E-state index contributed by atoms with van der Waals surface area (Å²) in [4.78, 5) is 6.85. The number of piperidine rings is 1. The van der Waals surface area contributed by atoms with Gasteiger partial charge in [0, 0.05) is 32.8 Å². The van der Waals surface area contributed by atoms with Crippen molar-refractivity contribution in [2.24, 2.45) is 4.99 Å². The van der Waals surface area contributed by atoms with Crippen LogP contribution in [0.15, 0.2) is 23.2 Å². The highest BCUT2D eigenvalue weighted by molar-refractivity contribution is 14.0. The minimum absolute atomic E-state index is 0. The van der Waals surface area contributed by atoms with Gasteiger partial charge in [0.15, 0.2) is 5.96 Å². The van der Waals surface area contributed by atoms with Crippen LogP contribution in [0, 0.1) is 11.6 Å². The lowest BCUT2D eigenvalue weighted by molar-refractivity contribution is -0.0721. The van der Waals surface area contributed by atoms with Gasteiger partial charge in [0.2, 0.25) is 0 Å². The average Bonchev–Trinajstić information content (AvgIpc) is 2.75. The summed E-state index contributed by atoms with van der Waals surface area (Å²) in [5, 5.41) is 3.31. The van der Waals surface area contributed by atoms with Crippen LogP contribution >= 0.6 is 24.0 Å². The SMILES string of the molecule is CCNC(=NCCc1cc(F)ccc1F)N1CCC(OCC2CCCCO2)CC1.I. The highest BCUT2D eigenvalue weighted by Gasteiger charge is 2.23. The number of rotatable bonds is 7. The van der Waals surface area contributed by atoms with Crippen LogP contribution < -0.4 is 5.32 Å². The third-order valence-electron chi connectivity index (χ3n) is 5.52. The fraction of sp³-hybridized carbons (Fsp3) is 0.682. The zero-order chi connectivity index (χ0) is 20.5. The van der Waals surface area contributed by atoms with Crippen molar-refractivity contribution in [1.82, 2.24) is 10.2 Å². The number of halogens is 3. The van der Waals surface area contributed by atoms with Gasteiger partial charge >= 0.3 is 0 Å². The number of nitrogens with zero attached hydrogens (tertiary/aromatic N) is 2. The maximum atomic E-state index is 13.8. The Hall–Kier alpha value is -1.00. The molecule has 0 bridgehead atoms. The highest BCUT2D eigenvalue weighted by atomic mass is 127. The van der Waals surface area contributed by atoms with Gasteiger partial charge in [-0.1, -0.05) is 0 Å². The van der Waals surface area contributed by atoms with Crippen LogP contribution in [0.25, 0.3) is 0 Å². The molecule has 2 heterocycles. The summed E-state index contributed by atoms with van der Waals surface area (Å²) >= 11 is 0. The molecule has 0 spiro atoms. The predicted molar refractivity (Wildman–Crippen MR) is 126 cm³/mol. The molecule has 8 heteroatoms. The Morgan fingerprint density at radius 2 is 2.03 bits per heavy atom. The molecule has 0 aliphatic carbocycles. The van der Waals surface area contributed by atoms with E-state index < -0.39 is 5.82 Å². The maximum Gasteiger partial charge on any atom is 0.193 e. The van der Waals surface area contributed by atoms with Crippen molar-refractivity contribution in [3.8, 4) is 0 Å². The summed E-state index contributed by atoms with van der Waals surface area (Å²) in [7, 11) is 0. The van der Waals surface area contributed by atoms with Crippen LogP contribution in [-0.2, 0) is 15.9 Å². The Balaban J connectivity index is 0.00000320. The fourth-order valence-electron chi connectivity index (χ4n) is 3.86. The zero-order valence-electron chi connectivity index (χ0n) is 17.7. The average molecular weight is 537 g/mol. The standard InChI is InChI=1S/C22H33F2N3O2.HI/c1-2-25-22(26-11-8-17-15-18(23)6-7-21(17)24)27-12-9-19(10-13-27)29-16-20-5-3-4-14-28-20;/h6-7,15,19-20H,2-5,8-14,16H2,1H3,(H,25,26);1H. The normalized spacial score (nSPS) is 20.7. The molecule has 1 N–H and O–H groups in total. The molecule has 30 heavy (non-hydrogen) atoms. The van der Waals surface area contributed by atoms with E-state index in [9.17, 15) is 8.78 Å². The first-order valence-electron chi connectivity index (χ1n) is 10.9. The lowest BCUT2D eigenvalue weighted by atomic mass is 10.1. The highest BCUT2D eigenvalue weighted by Crippen LogP contribution is 2.18. The van der Waals surface area contributed by atoms with E-state index in [1.165, 1.54) is 18.6 Å². The molecule has 1 unspecified atom stereocenters. The van der Waals surface area contributed by atoms with Crippen LogP contribution in [0.2, 0.25) is 0 Å². The third-order valence-corrected chi connectivity index (χ3v) is 5.52. The van der Waals surface area contributed by atoms with Crippen molar-refractivity contribution in [3.05, 3.63) is 35.4 Å². The Morgan fingerprint density at radius 1 is 1.23 bits per heavy atom. The number of aliphatic imine (C=N–C) groups is 1. The number of hydrogen-bond donors (Lipinski definition) is 1. The third kappa shape index (κ3) is 7.92. The number of guanidine groups is 1. The molecule has 0 radical (unpaired) electrons. The predicted octanol–water partition coefficient (Wildman–Crippen LogP) is 4.14. The number of nitrogens with one attached hydrogen (secondary N) is 1. The second kappa shape index (κ2) is 13.4. The van der Waals surface area contributed by atoms with Gasteiger partial charge in [-0.15, -0.1) is 24.0 Å². The molecule has 0 saturated carbocycles. The molecule has 2 aliphatic heterocycles. The van der Waals surface area contributed by atoms with E-state index in [1.54, 1.807) is 0 Å². The summed E-state index contributed by atoms with van der Waals surface area (Å²) in [6, 6.07) is 3.55. The van der Waals surface area contributed by atoms with E-state index >= 15 is 0 Å². The molecule has 1 atom stereocenters. The van der Waals surface area contributed by atoms with Crippen molar-refractivity contribution in [1.29, 1.82) is 0 Å². The summed E-state index contributed by atoms with van der Waals surface area (Å²) in [6.45, 7) is 6.50. The summed E-state index contributed by atoms with van der Waals surface area (Å²) in [6.07, 6.45) is 6.29. The maximum absolute atomic E-state index is 13.8. The fourth-order valence-corrected chi connectivity index (χ4v) is 3.86. The van der Waals surface area contributed by atoms with Gasteiger partial charge in [0.1, 0.15) is 11.6 Å². The van der Waals surface area contributed by atoms with Gasteiger partial charge in [-0.25, -0.2) is 8.78 Å². The first-order chi connectivity index (χ1) is 14.2. The number of ether oxygens (including phenoxy) is 2. The molecule has 2 fully saturated rings. The van der Waals surface area contributed by atoms with Crippen molar-refractivity contribution in [3.63, 3.8) is 0 Å². The van der Waals surface area contributed by atoms with Gasteiger partial charge in [0.05, 0.1) is 18.8 Å². The van der Waals surface area contributed by atoms with Crippen molar-refractivity contribution in [2.45, 2.75) is 57.7 Å². The first-order valence-corrected chi connectivity index (χ1v) is 10.9. The van der Waals surface area contributed by atoms with Crippen LogP contribution in [0.3, 0.4) is 0 Å². The van der Waals surface area contributed by atoms with E-state index in [0.717, 1.165) is 64.0 Å². The van der Waals surface area contributed by atoms with Gasteiger partial charge in [-0.05, 0) is 69.2 Å². The van der Waals surface area contributed by atoms with E-state index in [1.807, 2.05) is 6.92 Å². The van der Waals surface area contributed by atoms with Gasteiger partial charge in [-0.2, -0.15) is 0 Å². The number of likely N-dealkylation sites (tertiary alicyclic amines) is 1. The smallest absolute Gasteiger partial charge is 0.193 e. The minimum atomic E-state index is -0.419. The Labute approximate surface area is 195 Å². The molecule has 2 saturated heterocycles. The topological polar surface area (TPSA) is 46.1 Å².